The molecule has 7 heteroatoms. The minimum absolute atomic E-state index is 0.144. The molecule has 1 aliphatic heterocycles. The van der Waals surface area contributed by atoms with Gasteiger partial charge in [-0.25, -0.2) is 4.68 Å². The Hall–Kier alpha value is -3.32. The molecule has 3 aromatic heterocycles. The number of hydrogen-bond acceptors (Lipinski definition) is 6. The maximum absolute atomic E-state index is 13.0. The van der Waals surface area contributed by atoms with E-state index in [1.54, 1.807) is 12.4 Å². The molecule has 0 amide bonds. The molecule has 0 saturated carbocycles. The average Bonchev–Trinajstić information content (AvgIpc) is 2.70. The van der Waals surface area contributed by atoms with Crippen LogP contribution in [0, 0.1) is 0 Å². The van der Waals surface area contributed by atoms with E-state index < -0.39 is 0 Å². The molecular weight excluding hydrogens is 354 g/mol. The number of benzene rings is 1. The predicted molar refractivity (Wildman–Crippen MR) is 107 cm³/mol. The van der Waals surface area contributed by atoms with Crippen molar-refractivity contribution in [2.45, 2.75) is 19.0 Å². The smallest absolute Gasteiger partial charge is 0.278 e. The molecule has 7 nitrogen and oxygen atoms in total. The van der Waals surface area contributed by atoms with E-state index in [0.29, 0.717) is 37.1 Å². The molecule has 4 aromatic rings. The standard InChI is InChI=1S/C21H19N5O2/c27-21-20-18(25-16-12-28-13-16)7-9-22-19(20)11-23-26(21)10-8-15-6-5-14-3-1-2-4-17(14)24-15/h1-7,9,11,16H,8,10,12-13H2,(H,22,25). The number of pyridine rings is 2. The van der Waals surface area contributed by atoms with E-state index in [1.807, 2.05) is 36.4 Å². The summed E-state index contributed by atoms with van der Waals surface area (Å²) in [5, 5.41) is 9.34. The molecule has 1 aliphatic rings. The highest BCUT2D eigenvalue weighted by Gasteiger charge is 2.20. The van der Waals surface area contributed by atoms with Crippen molar-refractivity contribution in [3.8, 4) is 0 Å². The fraction of sp³-hybridized carbons (Fsp3) is 0.238. The van der Waals surface area contributed by atoms with Crippen LogP contribution >= 0.6 is 0 Å². The van der Waals surface area contributed by atoms with Crippen LogP contribution in [0.2, 0.25) is 0 Å². The summed E-state index contributed by atoms with van der Waals surface area (Å²) in [6.07, 6.45) is 3.96. The number of anilines is 1. The molecule has 140 valence electrons. The van der Waals surface area contributed by atoms with Gasteiger partial charge in [0.25, 0.3) is 5.56 Å². The van der Waals surface area contributed by atoms with Crippen molar-refractivity contribution in [1.82, 2.24) is 19.7 Å². The highest BCUT2D eigenvalue weighted by molar-refractivity contribution is 5.89. The third-order valence-corrected chi connectivity index (χ3v) is 4.98. The van der Waals surface area contributed by atoms with Crippen LogP contribution in [-0.4, -0.2) is 39.0 Å². The Morgan fingerprint density at radius 3 is 2.86 bits per heavy atom. The van der Waals surface area contributed by atoms with Gasteiger partial charge >= 0.3 is 0 Å². The van der Waals surface area contributed by atoms with Crippen molar-refractivity contribution in [2.75, 3.05) is 18.5 Å². The Morgan fingerprint density at radius 1 is 1.11 bits per heavy atom. The normalized spacial score (nSPS) is 14.3. The molecule has 28 heavy (non-hydrogen) atoms. The number of aromatic nitrogens is 4. The fourth-order valence-corrected chi connectivity index (χ4v) is 3.39. The van der Waals surface area contributed by atoms with Crippen LogP contribution in [0.15, 0.2) is 59.7 Å². The fourth-order valence-electron chi connectivity index (χ4n) is 3.39. The van der Waals surface area contributed by atoms with E-state index in [9.17, 15) is 4.79 Å². The Bertz CT molecular complexity index is 1220. The summed E-state index contributed by atoms with van der Waals surface area (Å²) in [7, 11) is 0. The summed E-state index contributed by atoms with van der Waals surface area (Å²) in [4.78, 5) is 22.0. The van der Waals surface area contributed by atoms with Crippen molar-refractivity contribution in [3.63, 3.8) is 0 Å². The van der Waals surface area contributed by atoms with Crippen LogP contribution in [0.5, 0.6) is 0 Å². The molecule has 0 bridgehead atoms. The quantitative estimate of drug-likeness (QED) is 0.578. The van der Waals surface area contributed by atoms with Gasteiger partial charge in [0.1, 0.15) is 0 Å². The number of ether oxygens (including phenoxy) is 1. The molecule has 0 aliphatic carbocycles. The summed E-state index contributed by atoms with van der Waals surface area (Å²) in [5.41, 5.74) is 3.12. The molecule has 0 radical (unpaired) electrons. The first-order chi connectivity index (χ1) is 13.8. The topological polar surface area (TPSA) is 81.9 Å². The van der Waals surface area contributed by atoms with Crippen LogP contribution in [0.4, 0.5) is 5.69 Å². The van der Waals surface area contributed by atoms with E-state index in [2.05, 4.69) is 26.4 Å². The average molecular weight is 373 g/mol. The maximum Gasteiger partial charge on any atom is 0.278 e. The molecular formula is C21H19N5O2. The van der Waals surface area contributed by atoms with Gasteiger partial charge in [0, 0.05) is 23.7 Å². The van der Waals surface area contributed by atoms with E-state index in [1.165, 1.54) is 4.68 Å². The van der Waals surface area contributed by atoms with Gasteiger partial charge in [-0.05, 0) is 18.2 Å². The summed E-state index contributed by atoms with van der Waals surface area (Å²) < 4.78 is 6.70. The van der Waals surface area contributed by atoms with Gasteiger partial charge in [0.2, 0.25) is 0 Å². The van der Waals surface area contributed by atoms with Crippen molar-refractivity contribution in [2.24, 2.45) is 0 Å². The Labute approximate surface area is 161 Å². The molecule has 4 heterocycles. The Morgan fingerprint density at radius 2 is 2.00 bits per heavy atom. The molecule has 0 unspecified atom stereocenters. The number of hydrogen-bond donors (Lipinski definition) is 1. The minimum atomic E-state index is -0.144. The highest BCUT2D eigenvalue weighted by atomic mass is 16.5. The molecule has 0 atom stereocenters. The monoisotopic (exact) mass is 373 g/mol. The largest absolute Gasteiger partial charge is 0.377 e. The van der Waals surface area contributed by atoms with Gasteiger partial charge in [0.05, 0.1) is 54.1 Å². The van der Waals surface area contributed by atoms with Crippen LogP contribution in [0.3, 0.4) is 0 Å². The number of nitrogens with zero attached hydrogens (tertiary/aromatic N) is 4. The second kappa shape index (κ2) is 7.01. The van der Waals surface area contributed by atoms with E-state index in [-0.39, 0.29) is 11.6 Å². The third kappa shape index (κ3) is 3.10. The third-order valence-electron chi connectivity index (χ3n) is 4.98. The molecule has 1 aromatic carbocycles. The molecule has 1 fully saturated rings. The lowest BCUT2D eigenvalue weighted by atomic mass is 10.2. The van der Waals surface area contributed by atoms with E-state index in [0.717, 1.165) is 22.3 Å². The van der Waals surface area contributed by atoms with Crippen molar-refractivity contribution >= 4 is 27.5 Å². The van der Waals surface area contributed by atoms with Crippen LogP contribution in [0.1, 0.15) is 5.69 Å². The highest BCUT2D eigenvalue weighted by Crippen LogP contribution is 2.20. The van der Waals surface area contributed by atoms with Gasteiger partial charge in [-0.2, -0.15) is 5.10 Å². The minimum Gasteiger partial charge on any atom is -0.377 e. The molecule has 5 rings (SSSR count). The maximum atomic E-state index is 13.0. The summed E-state index contributed by atoms with van der Waals surface area (Å²) >= 11 is 0. The zero-order valence-corrected chi connectivity index (χ0v) is 15.2. The first-order valence-corrected chi connectivity index (χ1v) is 9.32. The lowest BCUT2D eigenvalue weighted by molar-refractivity contribution is 0.0211. The van der Waals surface area contributed by atoms with Crippen LogP contribution in [-0.2, 0) is 17.7 Å². The summed E-state index contributed by atoms with van der Waals surface area (Å²) in [6, 6.07) is 14.1. The molecule has 0 spiro atoms. The van der Waals surface area contributed by atoms with E-state index in [4.69, 9.17) is 4.74 Å². The summed E-state index contributed by atoms with van der Waals surface area (Å²) in [6.45, 7) is 1.76. The second-order valence-corrected chi connectivity index (χ2v) is 6.92. The number of nitrogens with one attached hydrogen (secondary N) is 1. The van der Waals surface area contributed by atoms with Crippen molar-refractivity contribution in [1.29, 1.82) is 0 Å². The Balaban J connectivity index is 1.44. The second-order valence-electron chi connectivity index (χ2n) is 6.92. The lowest BCUT2D eigenvalue weighted by Gasteiger charge is -2.28. The first-order valence-electron chi connectivity index (χ1n) is 9.32. The lowest BCUT2D eigenvalue weighted by Crippen LogP contribution is -2.40. The van der Waals surface area contributed by atoms with E-state index >= 15 is 0 Å². The van der Waals surface area contributed by atoms with Crippen molar-refractivity contribution < 1.29 is 4.74 Å². The van der Waals surface area contributed by atoms with Crippen molar-refractivity contribution in [3.05, 3.63) is 70.9 Å². The number of fused-ring (bicyclic) bond motifs is 2. The Kier molecular flexibility index (Phi) is 4.21. The first kappa shape index (κ1) is 16.8. The zero-order chi connectivity index (χ0) is 18.9. The van der Waals surface area contributed by atoms with Gasteiger partial charge in [-0.3, -0.25) is 14.8 Å². The van der Waals surface area contributed by atoms with Gasteiger partial charge in [0.15, 0.2) is 0 Å². The van der Waals surface area contributed by atoms with Gasteiger partial charge in [-0.15, -0.1) is 0 Å². The summed E-state index contributed by atoms with van der Waals surface area (Å²) in [5.74, 6) is 0. The molecule has 1 N–H and O–H groups in total. The SMILES string of the molecule is O=c1c2c(NC3COC3)ccnc2cnn1CCc1ccc2ccccc2n1. The zero-order valence-electron chi connectivity index (χ0n) is 15.2. The number of rotatable bonds is 5. The van der Waals surface area contributed by atoms with Gasteiger partial charge < -0.3 is 10.1 Å². The predicted octanol–water partition coefficient (Wildman–Crippen LogP) is 2.39. The van der Waals surface area contributed by atoms with Gasteiger partial charge in [-0.1, -0.05) is 24.3 Å². The van der Waals surface area contributed by atoms with Crippen LogP contribution < -0.4 is 10.9 Å². The van der Waals surface area contributed by atoms with Crippen LogP contribution in [0.25, 0.3) is 21.8 Å². The number of para-hydroxylation sites is 1. The number of aryl methyl sites for hydroxylation is 2. The molecule has 1 saturated heterocycles.